The van der Waals surface area contributed by atoms with Crippen molar-refractivity contribution in [2.45, 2.75) is 52.0 Å². The number of hydrogen-bond acceptors (Lipinski definition) is 8. The maximum absolute atomic E-state index is 13.2. The lowest BCUT2D eigenvalue weighted by Gasteiger charge is -2.27. The number of carbonyl (C=O) groups excluding carboxylic acids is 2. The largest absolute Gasteiger partial charge is 0.507 e. The third-order valence-electron chi connectivity index (χ3n) is 6.80. The molecule has 39 heavy (non-hydrogen) atoms. The van der Waals surface area contributed by atoms with Crippen LogP contribution in [0.4, 0.5) is 11.4 Å². The Labute approximate surface area is 227 Å². The Bertz CT molecular complexity index is 1250. The molecule has 1 heterocycles. The first-order valence-corrected chi connectivity index (χ1v) is 13.2. The predicted octanol–water partition coefficient (Wildman–Crippen LogP) is 5.22. The van der Waals surface area contributed by atoms with Gasteiger partial charge in [0.05, 0.1) is 21.5 Å². The number of nitro groups is 2. The predicted molar refractivity (Wildman–Crippen MR) is 146 cm³/mol. The second kappa shape index (κ2) is 13.6. The van der Waals surface area contributed by atoms with Gasteiger partial charge in [0.15, 0.2) is 0 Å². The molecule has 1 aliphatic rings. The van der Waals surface area contributed by atoms with Crippen molar-refractivity contribution in [2.75, 3.05) is 26.2 Å². The van der Waals surface area contributed by atoms with Gasteiger partial charge in [0.2, 0.25) is 0 Å². The molecule has 11 heteroatoms. The Morgan fingerprint density at radius 1 is 0.897 bits per heavy atom. The first-order valence-electron chi connectivity index (χ1n) is 13.2. The fraction of sp³-hybridized carbons (Fsp3) is 0.429. The summed E-state index contributed by atoms with van der Waals surface area (Å²) < 4.78 is 0. The minimum Gasteiger partial charge on any atom is -0.507 e. The summed E-state index contributed by atoms with van der Waals surface area (Å²) in [5.41, 5.74) is -0.472. The summed E-state index contributed by atoms with van der Waals surface area (Å²) >= 11 is 0. The SMILES string of the molecule is CCCCN(CCCC)CCCN1C(=O)C(=O)C(=C(O)c2cccc([N+](=O)[O-])c2)[C@H]1c1cccc([N+](=O)[O-])c1. The fourth-order valence-corrected chi connectivity index (χ4v) is 4.75. The first-order chi connectivity index (χ1) is 18.7. The van der Waals surface area contributed by atoms with Crippen molar-refractivity contribution < 1.29 is 24.5 Å². The summed E-state index contributed by atoms with van der Waals surface area (Å²) in [4.78, 5) is 51.7. The topological polar surface area (TPSA) is 147 Å². The second-order valence-corrected chi connectivity index (χ2v) is 9.55. The number of unbranched alkanes of at least 4 members (excludes halogenated alkanes) is 2. The summed E-state index contributed by atoms with van der Waals surface area (Å²) in [6, 6.07) is 9.65. The lowest BCUT2D eigenvalue weighted by Crippen LogP contribution is -2.34. The summed E-state index contributed by atoms with van der Waals surface area (Å²) in [5, 5.41) is 33.9. The Morgan fingerprint density at radius 2 is 1.46 bits per heavy atom. The van der Waals surface area contributed by atoms with E-state index in [0.29, 0.717) is 18.5 Å². The van der Waals surface area contributed by atoms with Crippen LogP contribution < -0.4 is 0 Å². The minimum atomic E-state index is -1.08. The van der Waals surface area contributed by atoms with Gasteiger partial charge in [-0.1, -0.05) is 51.0 Å². The third-order valence-corrected chi connectivity index (χ3v) is 6.80. The first kappa shape index (κ1) is 29.4. The smallest absolute Gasteiger partial charge is 0.295 e. The van der Waals surface area contributed by atoms with Gasteiger partial charge < -0.3 is 14.9 Å². The molecular weight excluding hydrogens is 504 g/mol. The van der Waals surface area contributed by atoms with E-state index in [1.165, 1.54) is 41.3 Å². The molecule has 0 bridgehead atoms. The molecule has 0 spiro atoms. The quantitative estimate of drug-likeness (QED) is 0.113. The van der Waals surface area contributed by atoms with Crippen LogP contribution >= 0.6 is 0 Å². The van der Waals surface area contributed by atoms with Gasteiger partial charge in [-0.3, -0.25) is 29.8 Å². The molecule has 1 fully saturated rings. The highest BCUT2D eigenvalue weighted by Crippen LogP contribution is 2.40. The number of nitro benzene ring substituents is 2. The maximum Gasteiger partial charge on any atom is 0.295 e. The molecule has 1 N–H and O–H groups in total. The monoisotopic (exact) mass is 538 g/mol. The van der Waals surface area contributed by atoms with Gasteiger partial charge >= 0.3 is 0 Å². The summed E-state index contributed by atoms with van der Waals surface area (Å²) in [6.07, 6.45) is 4.77. The number of Topliss-reactive ketones (excluding diaryl/α,β-unsaturated/α-hetero) is 1. The fourth-order valence-electron chi connectivity index (χ4n) is 4.75. The van der Waals surface area contributed by atoms with Gasteiger partial charge in [-0.25, -0.2) is 0 Å². The molecule has 0 aliphatic carbocycles. The lowest BCUT2D eigenvalue weighted by atomic mass is 9.95. The molecule has 1 saturated heterocycles. The number of amides is 1. The molecule has 2 aromatic rings. The van der Waals surface area contributed by atoms with E-state index in [2.05, 4.69) is 18.7 Å². The third kappa shape index (κ3) is 7.05. The van der Waals surface area contributed by atoms with Gasteiger partial charge in [-0.2, -0.15) is 0 Å². The van der Waals surface area contributed by atoms with Crippen molar-refractivity contribution in [1.82, 2.24) is 9.80 Å². The van der Waals surface area contributed by atoms with E-state index in [9.17, 15) is 34.9 Å². The minimum absolute atomic E-state index is 0.00272. The highest BCUT2D eigenvalue weighted by Gasteiger charge is 2.46. The molecule has 1 aliphatic heterocycles. The van der Waals surface area contributed by atoms with Crippen LogP contribution in [0.15, 0.2) is 54.1 Å². The normalized spacial score (nSPS) is 16.7. The van der Waals surface area contributed by atoms with Gasteiger partial charge in [0, 0.05) is 36.4 Å². The average molecular weight is 539 g/mol. The molecule has 2 aromatic carbocycles. The molecule has 3 rings (SSSR count). The van der Waals surface area contributed by atoms with Crippen LogP contribution in [0.1, 0.15) is 63.1 Å². The molecule has 0 aromatic heterocycles. The summed E-state index contributed by atoms with van der Waals surface area (Å²) in [6.45, 7) is 7.00. The Balaban J connectivity index is 2.01. The van der Waals surface area contributed by atoms with Crippen LogP contribution in [0.5, 0.6) is 0 Å². The zero-order valence-corrected chi connectivity index (χ0v) is 22.2. The van der Waals surface area contributed by atoms with Crippen LogP contribution in [0.25, 0.3) is 5.76 Å². The number of likely N-dealkylation sites (tertiary alicyclic amines) is 1. The number of ketones is 1. The number of benzene rings is 2. The van der Waals surface area contributed by atoms with E-state index in [1.54, 1.807) is 6.07 Å². The van der Waals surface area contributed by atoms with Crippen LogP contribution in [-0.2, 0) is 9.59 Å². The van der Waals surface area contributed by atoms with Crippen molar-refractivity contribution in [3.8, 4) is 0 Å². The van der Waals surface area contributed by atoms with Crippen LogP contribution in [0.3, 0.4) is 0 Å². The highest BCUT2D eigenvalue weighted by atomic mass is 16.6. The summed E-state index contributed by atoms with van der Waals surface area (Å²) in [5.74, 6) is -2.33. The van der Waals surface area contributed by atoms with Crippen LogP contribution in [-0.4, -0.2) is 62.6 Å². The zero-order chi connectivity index (χ0) is 28.5. The van der Waals surface area contributed by atoms with E-state index in [4.69, 9.17) is 0 Å². The molecule has 11 nitrogen and oxygen atoms in total. The maximum atomic E-state index is 13.2. The molecular formula is C28H34N4O7. The van der Waals surface area contributed by atoms with Gasteiger partial charge in [-0.05, 0) is 44.5 Å². The van der Waals surface area contributed by atoms with E-state index in [-0.39, 0.29) is 29.1 Å². The summed E-state index contributed by atoms with van der Waals surface area (Å²) in [7, 11) is 0. The lowest BCUT2D eigenvalue weighted by molar-refractivity contribution is -0.385. The molecule has 1 atom stereocenters. The zero-order valence-electron chi connectivity index (χ0n) is 22.2. The van der Waals surface area contributed by atoms with Crippen molar-refractivity contribution >= 4 is 28.8 Å². The van der Waals surface area contributed by atoms with Crippen molar-refractivity contribution in [3.63, 3.8) is 0 Å². The average Bonchev–Trinajstić information content (AvgIpc) is 3.18. The second-order valence-electron chi connectivity index (χ2n) is 9.55. The number of aliphatic hydroxyl groups is 1. The number of carbonyl (C=O) groups is 2. The van der Waals surface area contributed by atoms with Crippen molar-refractivity contribution in [2.24, 2.45) is 0 Å². The van der Waals surface area contributed by atoms with Crippen molar-refractivity contribution in [3.05, 3.63) is 85.5 Å². The van der Waals surface area contributed by atoms with E-state index in [1.807, 2.05) is 0 Å². The molecule has 1 amide bonds. The number of non-ortho nitro benzene ring substituents is 2. The number of aliphatic hydroxyl groups excluding tert-OH is 1. The molecule has 0 radical (unpaired) electrons. The van der Waals surface area contributed by atoms with E-state index >= 15 is 0 Å². The molecule has 0 saturated carbocycles. The Hall–Kier alpha value is -4.12. The van der Waals surface area contributed by atoms with E-state index < -0.39 is 33.3 Å². The Morgan fingerprint density at radius 3 is 2.05 bits per heavy atom. The van der Waals surface area contributed by atoms with Gasteiger partial charge in [0.25, 0.3) is 23.1 Å². The molecule has 208 valence electrons. The van der Waals surface area contributed by atoms with Crippen LogP contribution in [0.2, 0.25) is 0 Å². The van der Waals surface area contributed by atoms with Gasteiger partial charge in [-0.15, -0.1) is 0 Å². The molecule has 0 unspecified atom stereocenters. The standard InChI is InChI=1S/C28H34N4O7/c1-3-5-14-29(15-6-4-2)16-9-17-30-25(20-10-7-12-22(18-20)31(36)37)24(27(34)28(30)35)26(33)21-11-8-13-23(19-21)32(38)39/h7-8,10-13,18-19,25,33H,3-6,9,14-17H2,1-2H3/t25-/m1/s1. The van der Waals surface area contributed by atoms with E-state index in [0.717, 1.165) is 44.8 Å². The number of rotatable bonds is 14. The number of hydrogen-bond donors (Lipinski definition) is 1. The van der Waals surface area contributed by atoms with Crippen molar-refractivity contribution in [1.29, 1.82) is 0 Å². The van der Waals surface area contributed by atoms with Gasteiger partial charge in [0.1, 0.15) is 5.76 Å². The van der Waals surface area contributed by atoms with Crippen LogP contribution in [0, 0.1) is 20.2 Å². The highest BCUT2D eigenvalue weighted by molar-refractivity contribution is 6.46. The number of nitrogens with zero attached hydrogens (tertiary/aromatic N) is 4. The Kier molecular flexibility index (Phi) is 10.3.